The van der Waals surface area contributed by atoms with Gasteiger partial charge in [0.1, 0.15) is 5.75 Å². The van der Waals surface area contributed by atoms with Crippen LogP contribution in [-0.2, 0) is 26.0 Å². The molecule has 0 aromatic heterocycles. The minimum Gasteiger partial charge on any atom is -0.478 e. The van der Waals surface area contributed by atoms with E-state index in [9.17, 15) is 13.2 Å². The number of hydrogen-bond acceptors (Lipinski definition) is 6. The highest BCUT2D eigenvalue weighted by Crippen LogP contribution is 2.32. The normalized spacial score (nSPS) is 24.4. The van der Waals surface area contributed by atoms with Gasteiger partial charge in [0.15, 0.2) is 6.10 Å². The zero-order valence-corrected chi connectivity index (χ0v) is 17.0. The number of rotatable bonds is 6. The Labute approximate surface area is 166 Å². The Morgan fingerprint density at radius 2 is 2.07 bits per heavy atom. The van der Waals surface area contributed by atoms with Gasteiger partial charge in [-0.3, -0.25) is 0 Å². The van der Waals surface area contributed by atoms with Crippen LogP contribution < -0.4 is 15.2 Å². The van der Waals surface area contributed by atoms with Crippen LogP contribution in [0.2, 0.25) is 0 Å². The average Bonchev–Trinajstić information content (AvgIpc) is 3.05. The molecule has 3 N–H and O–H groups in total. The lowest BCUT2D eigenvalue weighted by molar-refractivity contribution is -0.150. The molecule has 0 bridgehead atoms. The summed E-state index contributed by atoms with van der Waals surface area (Å²) in [6.45, 7) is 2.49. The van der Waals surface area contributed by atoms with Gasteiger partial charge in [-0.05, 0) is 56.0 Å². The van der Waals surface area contributed by atoms with E-state index in [1.54, 1.807) is 19.1 Å². The molecule has 1 aromatic carbocycles. The zero-order chi connectivity index (χ0) is 18.7. The molecule has 0 saturated heterocycles. The lowest BCUT2D eigenvalue weighted by atomic mass is 9.85. The largest absolute Gasteiger partial charge is 0.478 e. The molecule has 1 aliphatic carbocycles. The summed E-state index contributed by atoms with van der Waals surface area (Å²) in [5, 5.41) is 0. The van der Waals surface area contributed by atoms with Crippen LogP contribution in [0.25, 0.3) is 0 Å². The van der Waals surface area contributed by atoms with Crippen LogP contribution in [0, 0.1) is 5.92 Å². The molecule has 0 spiro atoms. The second kappa shape index (κ2) is 9.23. The fourth-order valence-corrected chi connectivity index (χ4v) is 5.06. The Morgan fingerprint density at radius 3 is 2.78 bits per heavy atom. The number of nitrogens with two attached hydrogens (primary N) is 1. The highest BCUT2D eigenvalue weighted by Gasteiger charge is 2.33. The predicted molar refractivity (Wildman–Crippen MR) is 104 cm³/mol. The molecule has 1 aliphatic heterocycles. The molecule has 152 valence electrons. The van der Waals surface area contributed by atoms with Gasteiger partial charge in [0.2, 0.25) is 10.0 Å². The molecule has 7 nitrogen and oxygen atoms in total. The number of ether oxygens (including phenoxy) is 2. The van der Waals surface area contributed by atoms with E-state index in [-0.39, 0.29) is 35.9 Å². The van der Waals surface area contributed by atoms with E-state index in [4.69, 9.17) is 15.2 Å². The van der Waals surface area contributed by atoms with Gasteiger partial charge in [-0.1, -0.05) is 12.8 Å². The first-order valence-corrected chi connectivity index (χ1v) is 10.6. The van der Waals surface area contributed by atoms with Crippen molar-refractivity contribution in [1.82, 2.24) is 4.72 Å². The molecule has 0 radical (unpaired) electrons. The quantitative estimate of drug-likeness (QED) is 0.681. The number of halogens is 1. The monoisotopic (exact) mass is 418 g/mol. The number of fused-ring (bicyclic) bond motifs is 1. The summed E-state index contributed by atoms with van der Waals surface area (Å²) in [5.41, 5.74) is 6.50. The van der Waals surface area contributed by atoms with Crippen LogP contribution in [0.5, 0.6) is 5.75 Å². The van der Waals surface area contributed by atoms with Crippen LogP contribution in [-0.4, -0.2) is 39.7 Å². The van der Waals surface area contributed by atoms with Gasteiger partial charge >= 0.3 is 5.97 Å². The third-order valence-corrected chi connectivity index (χ3v) is 6.57. The van der Waals surface area contributed by atoms with Gasteiger partial charge in [0.05, 0.1) is 11.5 Å². The third kappa shape index (κ3) is 4.93. The molecule has 27 heavy (non-hydrogen) atoms. The van der Waals surface area contributed by atoms with E-state index in [2.05, 4.69) is 4.72 Å². The number of sulfonamides is 1. The first-order valence-electron chi connectivity index (χ1n) is 9.13. The van der Waals surface area contributed by atoms with Crippen LogP contribution in [0.3, 0.4) is 0 Å². The number of carbonyl (C=O) groups is 1. The van der Waals surface area contributed by atoms with E-state index < -0.39 is 22.1 Å². The Morgan fingerprint density at radius 1 is 1.33 bits per heavy atom. The van der Waals surface area contributed by atoms with Crippen molar-refractivity contribution in [3.05, 3.63) is 23.8 Å². The van der Waals surface area contributed by atoms with Crippen molar-refractivity contribution in [2.24, 2.45) is 11.7 Å². The van der Waals surface area contributed by atoms with Crippen molar-refractivity contribution in [3.8, 4) is 5.75 Å². The summed E-state index contributed by atoms with van der Waals surface area (Å²) in [5.74, 6) is 0.267. The Hall–Kier alpha value is -1.35. The van der Waals surface area contributed by atoms with Gasteiger partial charge in [-0.15, -0.1) is 12.4 Å². The minimum atomic E-state index is -3.65. The summed E-state index contributed by atoms with van der Waals surface area (Å²) >= 11 is 0. The molecule has 1 saturated carbocycles. The summed E-state index contributed by atoms with van der Waals surface area (Å²) in [4.78, 5) is 12.0. The smallest absolute Gasteiger partial charge is 0.347 e. The number of nitrogens with one attached hydrogen (secondary N) is 1. The maximum absolute atomic E-state index is 12.8. The fraction of sp³-hybridized carbons (Fsp3) is 0.611. The third-order valence-electron chi connectivity index (χ3n) is 5.08. The maximum Gasteiger partial charge on any atom is 0.347 e. The van der Waals surface area contributed by atoms with Crippen molar-refractivity contribution < 1.29 is 22.7 Å². The van der Waals surface area contributed by atoms with Crippen molar-refractivity contribution in [1.29, 1.82) is 0 Å². The van der Waals surface area contributed by atoms with E-state index in [0.29, 0.717) is 24.3 Å². The summed E-state index contributed by atoms with van der Waals surface area (Å²) in [6.07, 6.45) is 3.44. The summed E-state index contributed by atoms with van der Waals surface area (Å²) in [7, 11) is -3.65. The first-order chi connectivity index (χ1) is 12.4. The first kappa shape index (κ1) is 21.9. The number of esters is 1. The Kier molecular flexibility index (Phi) is 7.50. The molecule has 3 unspecified atom stereocenters. The highest BCUT2D eigenvalue weighted by molar-refractivity contribution is 7.89. The molecule has 1 aromatic rings. The van der Waals surface area contributed by atoms with Crippen molar-refractivity contribution >= 4 is 28.4 Å². The lowest BCUT2D eigenvalue weighted by Crippen LogP contribution is -2.44. The van der Waals surface area contributed by atoms with Crippen molar-refractivity contribution in [3.63, 3.8) is 0 Å². The van der Waals surface area contributed by atoms with Gasteiger partial charge < -0.3 is 15.2 Å². The highest BCUT2D eigenvalue weighted by atomic mass is 35.5. The van der Waals surface area contributed by atoms with E-state index in [0.717, 1.165) is 25.7 Å². The van der Waals surface area contributed by atoms with Gasteiger partial charge in [0.25, 0.3) is 0 Å². The molecule has 2 aliphatic rings. The van der Waals surface area contributed by atoms with Gasteiger partial charge in [-0.25, -0.2) is 17.9 Å². The summed E-state index contributed by atoms with van der Waals surface area (Å²) < 4.78 is 38.9. The molecular formula is C18H27ClN2O5S. The molecule has 1 fully saturated rings. The van der Waals surface area contributed by atoms with Crippen molar-refractivity contribution in [2.75, 3.05) is 13.2 Å². The van der Waals surface area contributed by atoms with E-state index >= 15 is 0 Å². The molecule has 1 heterocycles. The summed E-state index contributed by atoms with van der Waals surface area (Å²) in [6, 6.07) is 4.56. The van der Waals surface area contributed by atoms with Crippen LogP contribution >= 0.6 is 12.4 Å². The second-order valence-corrected chi connectivity index (χ2v) is 8.55. The van der Waals surface area contributed by atoms with Crippen LogP contribution in [0.1, 0.15) is 38.2 Å². The average molecular weight is 419 g/mol. The molecule has 0 amide bonds. The second-order valence-electron chi connectivity index (χ2n) is 6.84. The van der Waals surface area contributed by atoms with Gasteiger partial charge in [-0.2, -0.15) is 0 Å². The van der Waals surface area contributed by atoms with Crippen molar-refractivity contribution in [2.45, 2.75) is 56.1 Å². The Balaban J connectivity index is 0.00000261. The molecule has 9 heteroatoms. The van der Waals surface area contributed by atoms with Crippen LogP contribution in [0.4, 0.5) is 0 Å². The molecule has 3 rings (SSSR count). The number of benzene rings is 1. The zero-order valence-electron chi connectivity index (χ0n) is 15.3. The SMILES string of the molecule is CCOC(=O)C1Cc2cc(S(=O)(=O)NC3CCCCC3CN)ccc2O1.Cl. The van der Waals surface area contributed by atoms with E-state index in [1.165, 1.54) is 6.07 Å². The maximum atomic E-state index is 12.8. The molecular weight excluding hydrogens is 392 g/mol. The fourth-order valence-electron chi connectivity index (χ4n) is 3.67. The van der Waals surface area contributed by atoms with Crippen LogP contribution in [0.15, 0.2) is 23.1 Å². The predicted octanol–water partition coefficient (Wildman–Crippen LogP) is 1.77. The van der Waals surface area contributed by atoms with E-state index in [1.807, 2.05) is 0 Å². The Bertz CT molecular complexity index is 771. The number of carbonyl (C=O) groups excluding carboxylic acids is 1. The van der Waals surface area contributed by atoms with Gasteiger partial charge in [0, 0.05) is 12.5 Å². The standard InChI is InChI=1S/C18H26N2O5S.ClH/c1-2-24-18(21)17-10-13-9-14(7-8-16(13)25-17)26(22,23)20-15-6-4-3-5-12(15)11-19;/h7-9,12,15,17,20H,2-6,10-11,19H2,1H3;1H. The number of hydrogen-bond donors (Lipinski definition) is 2. The topological polar surface area (TPSA) is 108 Å². The lowest BCUT2D eigenvalue weighted by Gasteiger charge is -2.31. The molecule has 3 atom stereocenters. The minimum absolute atomic E-state index is 0.